The summed E-state index contributed by atoms with van der Waals surface area (Å²) in [5.74, 6) is 0. The van der Waals surface area contributed by atoms with E-state index in [0.29, 0.717) is 13.1 Å². The van der Waals surface area contributed by atoms with E-state index in [4.69, 9.17) is 0 Å². The highest BCUT2D eigenvalue weighted by molar-refractivity contribution is 5.74. The van der Waals surface area contributed by atoms with E-state index in [1.165, 1.54) is 12.0 Å². The molecule has 1 aromatic heterocycles. The molecule has 0 fully saturated rings. The van der Waals surface area contributed by atoms with Gasteiger partial charge in [0.05, 0.1) is 12.2 Å². The third kappa shape index (κ3) is 3.35. The third-order valence-electron chi connectivity index (χ3n) is 3.12. The SMILES string of the molecule is CN(Cc1ccn(C)n1)C(=O)NCC1=CCCC1. The summed E-state index contributed by atoms with van der Waals surface area (Å²) in [4.78, 5) is 13.5. The van der Waals surface area contributed by atoms with Crippen LogP contribution in [0.3, 0.4) is 0 Å². The molecule has 0 unspecified atom stereocenters. The molecule has 18 heavy (non-hydrogen) atoms. The molecule has 5 heteroatoms. The molecule has 1 aliphatic rings. The Hall–Kier alpha value is -1.78. The minimum Gasteiger partial charge on any atom is -0.334 e. The lowest BCUT2D eigenvalue weighted by Crippen LogP contribution is -2.37. The van der Waals surface area contributed by atoms with Gasteiger partial charge in [0.1, 0.15) is 0 Å². The summed E-state index contributed by atoms with van der Waals surface area (Å²) in [6.45, 7) is 1.21. The first-order valence-electron chi connectivity index (χ1n) is 6.30. The maximum Gasteiger partial charge on any atom is 0.317 e. The van der Waals surface area contributed by atoms with Crippen molar-refractivity contribution in [3.05, 3.63) is 29.6 Å². The van der Waals surface area contributed by atoms with Crippen molar-refractivity contribution in [1.82, 2.24) is 20.0 Å². The van der Waals surface area contributed by atoms with Gasteiger partial charge in [0.15, 0.2) is 0 Å². The highest BCUT2D eigenvalue weighted by Gasteiger charge is 2.11. The average Bonchev–Trinajstić information content (AvgIpc) is 2.97. The molecule has 2 amide bonds. The zero-order valence-corrected chi connectivity index (χ0v) is 11.0. The molecule has 0 saturated carbocycles. The van der Waals surface area contributed by atoms with E-state index in [1.54, 1.807) is 16.6 Å². The number of carbonyl (C=O) groups excluding carboxylic acids is 1. The molecule has 1 N–H and O–H groups in total. The van der Waals surface area contributed by atoms with E-state index in [9.17, 15) is 4.79 Å². The van der Waals surface area contributed by atoms with E-state index in [0.717, 1.165) is 18.5 Å². The summed E-state index contributed by atoms with van der Waals surface area (Å²) in [5, 5.41) is 7.19. The Morgan fingerprint density at radius 1 is 1.61 bits per heavy atom. The molecular weight excluding hydrogens is 228 g/mol. The summed E-state index contributed by atoms with van der Waals surface area (Å²) in [6, 6.07) is 1.87. The molecule has 0 saturated heterocycles. The number of aromatic nitrogens is 2. The summed E-state index contributed by atoms with van der Waals surface area (Å²) in [6.07, 6.45) is 7.58. The lowest BCUT2D eigenvalue weighted by atomic mass is 10.2. The monoisotopic (exact) mass is 248 g/mol. The second-order valence-corrected chi connectivity index (χ2v) is 4.75. The van der Waals surface area contributed by atoms with Crippen LogP contribution in [-0.2, 0) is 13.6 Å². The minimum atomic E-state index is -0.0477. The van der Waals surface area contributed by atoms with E-state index in [1.807, 2.05) is 19.3 Å². The van der Waals surface area contributed by atoms with Crippen LogP contribution in [0.1, 0.15) is 25.0 Å². The Bertz CT molecular complexity index is 450. The lowest BCUT2D eigenvalue weighted by Gasteiger charge is -2.17. The van der Waals surface area contributed by atoms with Gasteiger partial charge >= 0.3 is 6.03 Å². The second-order valence-electron chi connectivity index (χ2n) is 4.75. The Morgan fingerprint density at radius 3 is 3.06 bits per heavy atom. The standard InChI is InChI=1S/C13H20N4O/c1-16(10-12-7-8-17(2)15-12)13(18)14-9-11-5-3-4-6-11/h5,7-8H,3-4,6,9-10H2,1-2H3,(H,14,18). The van der Waals surface area contributed by atoms with Crippen LogP contribution in [0.25, 0.3) is 0 Å². The highest BCUT2D eigenvalue weighted by atomic mass is 16.2. The summed E-state index contributed by atoms with van der Waals surface area (Å²) < 4.78 is 1.74. The van der Waals surface area contributed by atoms with E-state index >= 15 is 0 Å². The fourth-order valence-electron chi connectivity index (χ4n) is 2.08. The van der Waals surface area contributed by atoms with Gasteiger partial charge in [-0.05, 0) is 25.3 Å². The summed E-state index contributed by atoms with van der Waals surface area (Å²) >= 11 is 0. The van der Waals surface area contributed by atoms with Crippen molar-refractivity contribution in [2.45, 2.75) is 25.8 Å². The van der Waals surface area contributed by atoms with Gasteiger partial charge in [-0.15, -0.1) is 0 Å². The van der Waals surface area contributed by atoms with Crippen LogP contribution in [0.4, 0.5) is 4.79 Å². The molecule has 0 bridgehead atoms. The molecule has 98 valence electrons. The maximum absolute atomic E-state index is 11.9. The van der Waals surface area contributed by atoms with Gasteiger partial charge in [0.25, 0.3) is 0 Å². The van der Waals surface area contributed by atoms with Crippen LogP contribution in [0.5, 0.6) is 0 Å². The topological polar surface area (TPSA) is 50.2 Å². The maximum atomic E-state index is 11.9. The number of nitrogens with one attached hydrogen (secondary N) is 1. The molecule has 2 rings (SSSR count). The molecule has 0 spiro atoms. The first kappa shape index (κ1) is 12.7. The first-order chi connectivity index (χ1) is 8.65. The van der Waals surface area contributed by atoms with Gasteiger partial charge < -0.3 is 10.2 Å². The Labute approximate surface area is 107 Å². The largest absolute Gasteiger partial charge is 0.334 e. The van der Waals surface area contributed by atoms with Crippen molar-refractivity contribution >= 4 is 6.03 Å². The van der Waals surface area contributed by atoms with Crippen molar-refractivity contribution in [1.29, 1.82) is 0 Å². The van der Waals surface area contributed by atoms with Gasteiger partial charge in [0, 0.05) is 26.8 Å². The minimum absolute atomic E-state index is 0.0477. The summed E-state index contributed by atoms with van der Waals surface area (Å²) in [5.41, 5.74) is 2.24. The molecule has 1 aliphatic carbocycles. The van der Waals surface area contributed by atoms with Gasteiger partial charge in [0.2, 0.25) is 0 Å². The Morgan fingerprint density at radius 2 is 2.44 bits per heavy atom. The molecule has 1 heterocycles. The predicted octanol–water partition coefficient (Wildman–Crippen LogP) is 1.67. The van der Waals surface area contributed by atoms with Gasteiger partial charge in [-0.25, -0.2) is 4.79 Å². The van der Waals surface area contributed by atoms with Gasteiger partial charge in [-0.3, -0.25) is 4.68 Å². The summed E-state index contributed by atoms with van der Waals surface area (Å²) in [7, 11) is 3.66. The fourth-order valence-corrected chi connectivity index (χ4v) is 2.08. The van der Waals surface area contributed by atoms with Gasteiger partial charge in [-0.1, -0.05) is 11.6 Å². The number of amides is 2. The van der Waals surface area contributed by atoms with Crippen LogP contribution in [0, 0.1) is 0 Å². The van der Waals surface area contributed by atoms with E-state index in [-0.39, 0.29) is 6.03 Å². The van der Waals surface area contributed by atoms with Crippen molar-refractivity contribution in [2.75, 3.05) is 13.6 Å². The number of rotatable bonds is 4. The molecule has 0 radical (unpaired) electrons. The van der Waals surface area contributed by atoms with Gasteiger partial charge in [-0.2, -0.15) is 5.10 Å². The Kier molecular flexibility index (Phi) is 4.02. The predicted molar refractivity (Wildman–Crippen MR) is 70.0 cm³/mol. The van der Waals surface area contributed by atoms with Crippen LogP contribution in [0.15, 0.2) is 23.9 Å². The Balaban J connectivity index is 1.77. The molecular formula is C13H20N4O. The van der Waals surface area contributed by atoms with Crippen LogP contribution >= 0.6 is 0 Å². The number of allylic oxidation sites excluding steroid dienone is 1. The van der Waals surface area contributed by atoms with E-state index in [2.05, 4.69) is 16.5 Å². The van der Waals surface area contributed by atoms with Crippen LogP contribution in [0.2, 0.25) is 0 Å². The number of hydrogen-bond acceptors (Lipinski definition) is 2. The van der Waals surface area contributed by atoms with Crippen molar-refractivity contribution < 1.29 is 4.79 Å². The van der Waals surface area contributed by atoms with Crippen molar-refractivity contribution in [3.8, 4) is 0 Å². The smallest absolute Gasteiger partial charge is 0.317 e. The molecule has 0 aliphatic heterocycles. The third-order valence-corrected chi connectivity index (χ3v) is 3.12. The lowest BCUT2D eigenvalue weighted by molar-refractivity contribution is 0.207. The van der Waals surface area contributed by atoms with Crippen LogP contribution in [-0.4, -0.2) is 34.3 Å². The van der Waals surface area contributed by atoms with E-state index < -0.39 is 0 Å². The quantitative estimate of drug-likeness (QED) is 0.824. The number of hydrogen-bond donors (Lipinski definition) is 1. The number of aryl methyl sites for hydroxylation is 1. The number of urea groups is 1. The fraction of sp³-hybridized carbons (Fsp3) is 0.538. The zero-order chi connectivity index (χ0) is 13.0. The van der Waals surface area contributed by atoms with Crippen molar-refractivity contribution in [2.24, 2.45) is 7.05 Å². The molecule has 1 aromatic rings. The van der Waals surface area contributed by atoms with Crippen LogP contribution < -0.4 is 5.32 Å². The zero-order valence-electron chi connectivity index (χ0n) is 11.0. The number of carbonyl (C=O) groups is 1. The first-order valence-corrected chi connectivity index (χ1v) is 6.30. The average molecular weight is 248 g/mol. The number of nitrogens with zero attached hydrogens (tertiary/aromatic N) is 3. The normalized spacial score (nSPS) is 14.4. The second kappa shape index (κ2) is 5.71. The molecule has 0 atom stereocenters. The molecule has 5 nitrogen and oxygen atoms in total. The highest BCUT2D eigenvalue weighted by Crippen LogP contribution is 2.16. The molecule has 0 aromatic carbocycles. The van der Waals surface area contributed by atoms with Crippen molar-refractivity contribution in [3.63, 3.8) is 0 Å².